The normalized spacial score (nSPS) is 10.7. The fourth-order valence-corrected chi connectivity index (χ4v) is 2.26. The van der Waals surface area contributed by atoms with Crippen LogP contribution in [0.3, 0.4) is 0 Å². The van der Waals surface area contributed by atoms with Gasteiger partial charge in [0.25, 0.3) is 0 Å². The summed E-state index contributed by atoms with van der Waals surface area (Å²) < 4.78 is 1.76. The summed E-state index contributed by atoms with van der Waals surface area (Å²) in [6.07, 6.45) is 0. The van der Waals surface area contributed by atoms with E-state index in [2.05, 4.69) is 15.4 Å². The predicted octanol–water partition coefficient (Wildman–Crippen LogP) is 1.69. The smallest absolute Gasteiger partial charge is 0.148 e. The van der Waals surface area contributed by atoms with Crippen molar-refractivity contribution < 1.29 is 0 Å². The van der Waals surface area contributed by atoms with Crippen molar-refractivity contribution in [2.24, 2.45) is 7.05 Å². The minimum atomic E-state index is 0.713. The molecule has 0 aromatic carbocycles. The molecule has 0 unspecified atom stereocenters. The average Bonchev–Trinajstić information content (AvgIpc) is 2.72. The second kappa shape index (κ2) is 4.13. The van der Waals surface area contributed by atoms with E-state index in [4.69, 9.17) is 5.73 Å². The highest BCUT2D eigenvalue weighted by atomic mass is 32.1. The van der Waals surface area contributed by atoms with Crippen LogP contribution in [0.1, 0.15) is 16.3 Å². The molecule has 0 amide bonds. The predicted molar refractivity (Wildman–Crippen MR) is 66.5 cm³/mol. The Morgan fingerprint density at radius 3 is 2.69 bits per heavy atom. The van der Waals surface area contributed by atoms with E-state index in [1.165, 1.54) is 4.88 Å². The molecular formula is C10H15N5S. The zero-order valence-electron chi connectivity index (χ0n) is 9.61. The lowest BCUT2D eigenvalue weighted by atomic mass is 10.3. The number of anilines is 2. The van der Waals surface area contributed by atoms with Gasteiger partial charge in [-0.25, -0.2) is 4.98 Å². The van der Waals surface area contributed by atoms with Crippen LogP contribution < -0.4 is 11.1 Å². The van der Waals surface area contributed by atoms with Crippen LogP contribution in [0.2, 0.25) is 0 Å². The number of hydrogen-bond donors (Lipinski definition) is 2. The van der Waals surface area contributed by atoms with Crippen molar-refractivity contribution in [3.63, 3.8) is 0 Å². The summed E-state index contributed by atoms with van der Waals surface area (Å²) in [7, 11) is 1.88. The van der Waals surface area contributed by atoms with E-state index >= 15 is 0 Å². The highest BCUT2D eigenvalue weighted by Crippen LogP contribution is 2.22. The summed E-state index contributed by atoms with van der Waals surface area (Å²) >= 11 is 1.64. The van der Waals surface area contributed by atoms with Crippen LogP contribution in [0.4, 0.5) is 11.5 Å². The van der Waals surface area contributed by atoms with Crippen LogP contribution in [-0.4, -0.2) is 14.8 Å². The quantitative estimate of drug-likeness (QED) is 0.852. The van der Waals surface area contributed by atoms with Gasteiger partial charge in [0.2, 0.25) is 0 Å². The largest absolute Gasteiger partial charge is 0.394 e. The van der Waals surface area contributed by atoms with E-state index in [1.54, 1.807) is 16.0 Å². The first-order chi connectivity index (χ1) is 7.59. The molecule has 2 aromatic rings. The summed E-state index contributed by atoms with van der Waals surface area (Å²) in [5.74, 6) is 0.866. The second-order valence-electron chi connectivity index (χ2n) is 3.69. The molecule has 0 aliphatic heterocycles. The molecule has 0 radical (unpaired) electrons. The second-order valence-corrected chi connectivity index (χ2v) is 4.63. The summed E-state index contributed by atoms with van der Waals surface area (Å²) in [6, 6.07) is 0. The number of thiazole rings is 1. The Bertz CT molecular complexity index is 499. The lowest BCUT2D eigenvalue weighted by Gasteiger charge is -2.06. The number of nitrogens with one attached hydrogen (secondary N) is 1. The molecule has 3 N–H and O–H groups in total. The topological polar surface area (TPSA) is 68.8 Å². The first-order valence-corrected chi connectivity index (χ1v) is 5.89. The van der Waals surface area contributed by atoms with Crippen molar-refractivity contribution in [1.29, 1.82) is 0 Å². The third-order valence-corrected chi connectivity index (χ3v) is 3.46. The minimum Gasteiger partial charge on any atom is -0.394 e. The molecule has 0 aliphatic carbocycles. The maximum atomic E-state index is 5.92. The monoisotopic (exact) mass is 237 g/mol. The minimum absolute atomic E-state index is 0.713. The van der Waals surface area contributed by atoms with Gasteiger partial charge in [-0.15, -0.1) is 11.3 Å². The standard InChI is InChI=1S/C10H15N5S/c1-6-8(16-5-13-6)4-12-10-9(11)7(2)14-15(10)3/h5,12H,4,11H2,1-3H3. The number of hydrogen-bond acceptors (Lipinski definition) is 5. The van der Waals surface area contributed by atoms with Gasteiger partial charge in [-0.1, -0.05) is 0 Å². The van der Waals surface area contributed by atoms with Crippen molar-refractivity contribution in [2.45, 2.75) is 20.4 Å². The molecule has 0 spiro atoms. The highest BCUT2D eigenvalue weighted by molar-refractivity contribution is 7.09. The molecule has 0 saturated heterocycles. The number of nitrogens with zero attached hydrogens (tertiary/aromatic N) is 3. The molecule has 0 bridgehead atoms. The van der Waals surface area contributed by atoms with Crippen LogP contribution in [0.5, 0.6) is 0 Å². The van der Waals surface area contributed by atoms with Gasteiger partial charge in [0.1, 0.15) is 5.82 Å². The fourth-order valence-electron chi connectivity index (χ4n) is 1.54. The molecule has 0 atom stereocenters. The molecule has 6 heteroatoms. The van der Waals surface area contributed by atoms with Gasteiger partial charge in [-0.2, -0.15) is 5.10 Å². The van der Waals surface area contributed by atoms with E-state index in [0.717, 1.165) is 23.8 Å². The van der Waals surface area contributed by atoms with Crippen molar-refractivity contribution in [2.75, 3.05) is 11.1 Å². The third-order valence-electron chi connectivity index (χ3n) is 2.53. The van der Waals surface area contributed by atoms with Gasteiger partial charge < -0.3 is 11.1 Å². The molecule has 16 heavy (non-hydrogen) atoms. The van der Waals surface area contributed by atoms with Gasteiger partial charge >= 0.3 is 0 Å². The summed E-state index contributed by atoms with van der Waals surface area (Å²) in [4.78, 5) is 5.42. The molecule has 2 aromatic heterocycles. The lowest BCUT2D eigenvalue weighted by Crippen LogP contribution is -2.06. The zero-order chi connectivity index (χ0) is 11.7. The molecule has 0 saturated carbocycles. The van der Waals surface area contributed by atoms with Gasteiger partial charge in [0.15, 0.2) is 0 Å². The van der Waals surface area contributed by atoms with E-state index in [1.807, 2.05) is 26.4 Å². The molecule has 0 aliphatic rings. The lowest BCUT2D eigenvalue weighted by molar-refractivity contribution is 0.758. The van der Waals surface area contributed by atoms with Gasteiger partial charge in [0.05, 0.1) is 29.1 Å². The molecule has 5 nitrogen and oxygen atoms in total. The van der Waals surface area contributed by atoms with Crippen LogP contribution in [0, 0.1) is 13.8 Å². The van der Waals surface area contributed by atoms with Crippen LogP contribution in [0.25, 0.3) is 0 Å². The highest BCUT2D eigenvalue weighted by Gasteiger charge is 2.10. The van der Waals surface area contributed by atoms with Crippen molar-refractivity contribution in [3.8, 4) is 0 Å². The Morgan fingerprint density at radius 2 is 2.19 bits per heavy atom. The Kier molecular flexibility index (Phi) is 2.82. The molecule has 2 heterocycles. The molecule has 0 fully saturated rings. The molecule has 2 rings (SSSR count). The van der Waals surface area contributed by atoms with Crippen molar-refractivity contribution in [3.05, 3.63) is 21.8 Å². The molecule has 86 valence electrons. The number of nitrogens with two attached hydrogens (primary N) is 1. The van der Waals surface area contributed by atoms with Gasteiger partial charge in [0, 0.05) is 11.9 Å². The SMILES string of the molecule is Cc1ncsc1CNc1c(N)c(C)nn1C. The summed E-state index contributed by atoms with van der Waals surface area (Å²) in [5, 5.41) is 7.54. The van der Waals surface area contributed by atoms with E-state index < -0.39 is 0 Å². The first-order valence-electron chi connectivity index (χ1n) is 5.01. The van der Waals surface area contributed by atoms with E-state index in [-0.39, 0.29) is 0 Å². The van der Waals surface area contributed by atoms with Crippen LogP contribution >= 0.6 is 11.3 Å². The number of rotatable bonds is 3. The number of nitrogen functional groups attached to an aromatic ring is 1. The first kappa shape index (κ1) is 10.9. The van der Waals surface area contributed by atoms with Crippen molar-refractivity contribution in [1.82, 2.24) is 14.8 Å². The third kappa shape index (κ3) is 1.88. The van der Waals surface area contributed by atoms with E-state index in [0.29, 0.717) is 5.69 Å². The van der Waals surface area contributed by atoms with Crippen molar-refractivity contribution >= 4 is 22.8 Å². The zero-order valence-corrected chi connectivity index (χ0v) is 10.4. The van der Waals surface area contributed by atoms with Gasteiger partial charge in [-0.05, 0) is 13.8 Å². The van der Waals surface area contributed by atoms with E-state index in [9.17, 15) is 0 Å². The average molecular weight is 237 g/mol. The Morgan fingerprint density at radius 1 is 1.44 bits per heavy atom. The molecular weight excluding hydrogens is 222 g/mol. The fraction of sp³-hybridized carbons (Fsp3) is 0.400. The number of aromatic nitrogens is 3. The van der Waals surface area contributed by atoms with Crippen LogP contribution in [0.15, 0.2) is 5.51 Å². The Balaban J connectivity index is 2.13. The van der Waals surface area contributed by atoms with Crippen LogP contribution in [-0.2, 0) is 13.6 Å². The van der Waals surface area contributed by atoms with Gasteiger partial charge in [-0.3, -0.25) is 4.68 Å². The Labute approximate surface area is 98.3 Å². The maximum absolute atomic E-state index is 5.92. The summed E-state index contributed by atoms with van der Waals surface area (Å²) in [5.41, 5.74) is 10.4. The Hall–Kier alpha value is -1.56. The number of aryl methyl sites for hydroxylation is 3. The summed E-state index contributed by atoms with van der Waals surface area (Å²) in [6.45, 7) is 4.64. The maximum Gasteiger partial charge on any atom is 0.148 e.